The lowest BCUT2D eigenvalue weighted by atomic mass is 9.97. The van der Waals surface area contributed by atoms with E-state index in [9.17, 15) is 0 Å². The van der Waals surface area contributed by atoms with Crippen LogP contribution in [0.2, 0.25) is 0 Å². The van der Waals surface area contributed by atoms with Gasteiger partial charge in [0, 0.05) is 17.6 Å². The van der Waals surface area contributed by atoms with Crippen molar-refractivity contribution in [2.75, 3.05) is 24.2 Å². The summed E-state index contributed by atoms with van der Waals surface area (Å²) < 4.78 is 8.01. The van der Waals surface area contributed by atoms with Crippen LogP contribution in [0.5, 0.6) is 5.75 Å². The maximum atomic E-state index is 6.00. The number of ether oxygens (including phenoxy) is 1. The van der Waals surface area contributed by atoms with E-state index < -0.39 is 0 Å². The van der Waals surface area contributed by atoms with Gasteiger partial charge in [-0.2, -0.15) is 0 Å². The number of nitrogen functional groups attached to an aromatic ring is 1. The first-order valence-corrected chi connectivity index (χ1v) is 11.1. The van der Waals surface area contributed by atoms with Crippen LogP contribution in [0.25, 0.3) is 21.9 Å². The van der Waals surface area contributed by atoms with E-state index in [1.54, 1.807) is 6.33 Å². The number of benzene rings is 1. The maximum absolute atomic E-state index is 6.00. The summed E-state index contributed by atoms with van der Waals surface area (Å²) in [7, 11) is 0. The summed E-state index contributed by atoms with van der Waals surface area (Å²) >= 11 is 0. The average Bonchev–Trinajstić information content (AvgIpc) is 3.44. The van der Waals surface area contributed by atoms with Crippen molar-refractivity contribution in [3.05, 3.63) is 48.4 Å². The van der Waals surface area contributed by atoms with Gasteiger partial charge in [0.25, 0.3) is 0 Å². The molecule has 2 aliphatic rings. The molecule has 1 fully saturated rings. The highest BCUT2D eigenvalue weighted by molar-refractivity contribution is 5.86. The van der Waals surface area contributed by atoms with Crippen LogP contribution < -0.4 is 15.8 Å². The molecule has 3 aromatic heterocycles. The van der Waals surface area contributed by atoms with E-state index in [2.05, 4.69) is 50.3 Å². The first kappa shape index (κ1) is 18.4. The van der Waals surface area contributed by atoms with Crippen LogP contribution in [0.1, 0.15) is 37.3 Å². The van der Waals surface area contributed by atoms with Crippen LogP contribution in [-0.4, -0.2) is 32.7 Å². The molecule has 4 heterocycles. The largest absolute Gasteiger partial charge is 0.488 e. The molecule has 3 N–H and O–H groups in total. The van der Waals surface area contributed by atoms with Gasteiger partial charge in [-0.05, 0) is 61.8 Å². The van der Waals surface area contributed by atoms with Crippen molar-refractivity contribution >= 4 is 33.6 Å². The van der Waals surface area contributed by atoms with Crippen LogP contribution in [0, 0.1) is 5.92 Å². The van der Waals surface area contributed by atoms with Gasteiger partial charge >= 0.3 is 0 Å². The van der Waals surface area contributed by atoms with Gasteiger partial charge in [0.15, 0.2) is 11.6 Å². The number of aromatic nitrogens is 4. The Morgan fingerprint density at radius 1 is 1.16 bits per heavy atom. The number of nitrogens with zero attached hydrogens (tertiary/aromatic N) is 4. The lowest BCUT2D eigenvalue weighted by Gasteiger charge is -2.18. The topological polar surface area (TPSA) is 90.9 Å². The van der Waals surface area contributed by atoms with Gasteiger partial charge in [-0.25, -0.2) is 15.0 Å². The molecule has 0 bridgehead atoms. The molecule has 7 heteroatoms. The highest BCUT2D eigenvalue weighted by Gasteiger charge is 2.27. The van der Waals surface area contributed by atoms with Crippen molar-refractivity contribution < 1.29 is 4.74 Å². The molecular weight excluding hydrogens is 388 g/mol. The third kappa shape index (κ3) is 3.34. The standard InChI is InChI=1S/C24H26N6O/c25-22-19-7-9-30(24(19)28-14-27-22)18-6-4-15(11-18)1-2-16-3-5-17-13-21-23(26-8-10-31-21)29-20(17)12-16/h3,5,7,9,12-15,18H,1-2,4,6,8,10-11H2,(H,26,29)(H2,25,27,28). The van der Waals surface area contributed by atoms with Gasteiger partial charge in [-0.15, -0.1) is 0 Å². The van der Waals surface area contributed by atoms with Crippen molar-refractivity contribution in [3.8, 4) is 5.75 Å². The molecule has 4 aromatic rings. The fourth-order valence-electron chi connectivity index (χ4n) is 5.14. The van der Waals surface area contributed by atoms with E-state index in [4.69, 9.17) is 15.5 Å². The Morgan fingerprint density at radius 3 is 3.10 bits per heavy atom. The second kappa shape index (κ2) is 7.41. The molecule has 1 saturated carbocycles. The quantitative estimate of drug-likeness (QED) is 0.516. The molecule has 2 unspecified atom stereocenters. The predicted molar refractivity (Wildman–Crippen MR) is 122 cm³/mol. The Labute approximate surface area is 180 Å². The van der Waals surface area contributed by atoms with E-state index in [-0.39, 0.29) is 0 Å². The highest BCUT2D eigenvalue weighted by atomic mass is 16.5. The number of pyridine rings is 1. The van der Waals surface area contributed by atoms with Crippen molar-refractivity contribution in [2.24, 2.45) is 5.92 Å². The third-order valence-electron chi connectivity index (χ3n) is 6.79. The zero-order chi connectivity index (χ0) is 20.8. The normalized spacial score (nSPS) is 20.5. The second-order valence-electron chi connectivity index (χ2n) is 8.73. The van der Waals surface area contributed by atoms with Crippen LogP contribution in [0.4, 0.5) is 11.6 Å². The molecular formula is C24H26N6O. The third-order valence-corrected chi connectivity index (χ3v) is 6.79. The van der Waals surface area contributed by atoms with E-state index in [1.165, 1.54) is 31.2 Å². The Morgan fingerprint density at radius 2 is 2.13 bits per heavy atom. The van der Waals surface area contributed by atoms with Crippen LogP contribution in [0.3, 0.4) is 0 Å². The molecule has 2 atom stereocenters. The molecule has 7 nitrogen and oxygen atoms in total. The van der Waals surface area contributed by atoms with Gasteiger partial charge in [-0.3, -0.25) is 0 Å². The van der Waals surface area contributed by atoms with Crippen LogP contribution in [0.15, 0.2) is 42.9 Å². The monoisotopic (exact) mass is 414 g/mol. The predicted octanol–water partition coefficient (Wildman–Crippen LogP) is 4.34. The molecule has 1 aliphatic carbocycles. The minimum absolute atomic E-state index is 0.493. The summed E-state index contributed by atoms with van der Waals surface area (Å²) in [6, 6.07) is 11.3. The second-order valence-corrected chi connectivity index (χ2v) is 8.73. The summed E-state index contributed by atoms with van der Waals surface area (Å²) in [5.74, 6) is 3.00. The minimum atomic E-state index is 0.493. The highest BCUT2D eigenvalue weighted by Crippen LogP contribution is 2.39. The van der Waals surface area contributed by atoms with Gasteiger partial charge < -0.3 is 20.4 Å². The summed E-state index contributed by atoms with van der Waals surface area (Å²) in [5.41, 5.74) is 9.35. The Kier molecular flexibility index (Phi) is 4.40. The van der Waals surface area contributed by atoms with E-state index in [0.717, 1.165) is 52.4 Å². The number of nitrogens with two attached hydrogens (primary N) is 1. The first-order valence-electron chi connectivity index (χ1n) is 11.1. The fraction of sp³-hybridized carbons (Fsp3) is 0.375. The number of rotatable bonds is 4. The van der Waals surface area contributed by atoms with Crippen LogP contribution >= 0.6 is 0 Å². The molecule has 0 radical (unpaired) electrons. The molecule has 158 valence electrons. The molecule has 0 spiro atoms. The zero-order valence-electron chi connectivity index (χ0n) is 17.4. The molecule has 0 saturated heterocycles. The molecule has 31 heavy (non-hydrogen) atoms. The van der Waals surface area contributed by atoms with Gasteiger partial charge in [0.1, 0.15) is 24.4 Å². The van der Waals surface area contributed by atoms with Crippen LogP contribution in [-0.2, 0) is 6.42 Å². The van der Waals surface area contributed by atoms with Gasteiger partial charge in [-0.1, -0.05) is 12.1 Å². The molecule has 6 rings (SSSR count). The summed E-state index contributed by atoms with van der Waals surface area (Å²) in [6.45, 7) is 1.50. The minimum Gasteiger partial charge on any atom is -0.488 e. The van der Waals surface area contributed by atoms with Crippen molar-refractivity contribution in [2.45, 2.75) is 38.1 Å². The number of fused-ring (bicyclic) bond motifs is 3. The zero-order valence-corrected chi connectivity index (χ0v) is 17.4. The van der Waals surface area contributed by atoms with E-state index in [1.807, 2.05) is 6.07 Å². The number of nitrogens with one attached hydrogen (secondary N) is 1. The smallest absolute Gasteiger partial charge is 0.169 e. The SMILES string of the molecule is Nc1ncnc2c1ccn2C1CCC(CCc2ccc3cc4c(nc3c2)NCCO4)C1. The Balaban J connectivity index is 1.14. The molecule has 1 aliphatic heterocycles. The van der Waals surface area contributed by atoms with Gasteiger partial charge in [0.05, 0.1) is 17.4 Å². The lowest BCUT2D eigenvalue weighted by Crippen LogP contribution is -2.18. The summed E-state index contributed by atoms with van der Waals surface area (Å²) in [5, 5.41) is 5.42. The van der Waals surface area contributed by atoms with Crippen molar-refractivity contribution in [1.82, 2.24) is 19.5 Å². The van der Waals surface area contributed by atoms with E-state index in [0.29, 0.717) is 18.5 Å². The summed E-state index contributed by atoms with van der Waals surface area (Å²) in [6.07, 6.45) is 9.60. The first-order chi connectivity index (χ1) is 15.2. The number of hydrogen-bond acceptors (Lipinski definition) is 6. The van der Waals surface area contributed by atoms with Crippen molar-refractivity contribution in [3.63, 3.8) is 0 Å². The molecule has 0 amide bonds. The molecule has 1 aromatic carbocycles. The summed E-state index contributed by atoms with van der Waals surface area (Å²) in [4.78, 5) is 13.4. The van der Waals surface area contributed by atoms with Crippen molar-refractivity contribution in [1.29, 1.82) is 0 Å². The van der Waals surface area contributed by atoms with Gasteiger partial charge in [0.2, 0.25) is 0 Å². The number of hydrogen-bond donors (Lipinski definition) is 2. The number of aryl methyl sites for hydroxylation is 1. The van der Waals surface area contributed by atoms with E-state index >= 15 is 0 Å². The maximum Gasteiger partial charge on any atom is 0.169 e. The Bertz CT molecular complexity index is 1270. The Hall–Kier alpha value is -3.35. The number of anilines is 2. The fourth-order valence-corrected chi connectivity index (χ4v) is 5.14. The average molecular weight is 415 g/mol. The lowest BCUT2D eigenvalue weighted by molar-refractivity contribution is 0.322.